The van der Waals surface area contributed by atoms with Crippen molar-refractivity contribution in [2.45, 2.75) is 78.6 Å². The Kier molecular flexibility index (Phi) is 9.02. The highest BCUT2D eigenvalue weighted by molar-refractivity contribution is 6.64. The van der Waals surface area contributed by atoms with Crippen LogP contribution in [0.25, 0.3) is 0 Å². The molecule has 0 aromatic rings. The molecule has 0 radical (unpaired) electrons. The predicted molar refractivity (Wildman–Crippen MR) is 71.9 cm³/mol. The van der Waals surface area contributed by atoms with Crippen LogP contribution in [-0.4, -0.2) is 5.24 Å². The number of carbonyl (C=O) groups is 1. The monoisotopic (exact) mass is 246 g/mol. The van der Waals surface area contributed by atoms with E-state index in [1.807, 2.05) is 13.8 Å². The van der Waals surface area contributed by atoms with Crippen LogP contribution in [0.5, 0.6) is 0 Å². The minimum absolute atomic E-state index is 0.166. The highest BCUT2D eigenvalue weighted by Gasteiger charge is 2.28. The zero-order chi connectivity index (χ0) is 12.4. The van der Waals surface area contributed by atoms with Gasteiger partial charge in [-0.1, -0.05) is 65.7 Å². The molecule has 0 aromatic heterocycles. The van der Waals surface area contributed by atoms with Gasteiger partial charge in [-0.2, -0.15) is 0 Å². The third-order valence-electron chi connectivity index (χ3n) is 3.59. The van der Waals surface area contributed by atoms with Gasteiger partial charge in [0, 0.05) is 5.41 Å². The van der Waals surface area contributed by atoms with E-state index in [9.17, 15) is 4.79 Å². The lowest BCUT2D eigenvalue weighted by Crippen LogP contribution is -2.22. The minimum atomic E-state index is -0.287. The highest BCUT2D eigenvalue weighted by Crippen LogP contribution is 2.31. The number of hydrogen-bond donors (Lipinski definition) is 0. The molecule has 0 aromatic carbocycles. The van der Waals surface area contributed by atoms with Gasteiger partial charge >= 0.3 is 0 Å². The molecule has 1 unspecified atom stereocenters. The Balaban J connectivity index is 3.53. The Morgan fingerprint density at radius 1 is 1.00 bits per heavy atom. The quantitative estimate of drug-likeness (QED) is 0.377. The van der Waals surface area contributed by atoms with Gasteiger partial charge in [-0.15, -0.1) is 0 Å². The smallest absolute Gasteiger partial charge is 0.227 e. The molecule has 0 aliphatic heterocycles. The van der Waals surface area contributed by atoms with Gasteiger partial charge in [0.25, 0.3) is 0 Å². The Morgan fingerprint density at radius 3 is 1.94 bits per heavy atom. The predicted octanol–water partition coefficient (Wildman–Crippen LogP) is 5.31. The van der Waals surface area contributed by atoms with Gasteiger partial charge in [0.1, 0.15) is 0 Å². The Bertz CT molecular complexity index is 191. The molecule has 0 saturated heterocycles. The van der Waals surface area contributed by atoms with Crippen LogP contribution in [0.4, 0.5) is 0 Å². The molecule has 0 aliphatic carbocycles. The second kappa shape index (κ2) is 9.04. The SMILES string of the molecule is CCCCCCCCCC(C)(CC)C(=O)Cl. The van der Waals surface area contributed by atoms with Crippen molar-refractivity contribution in [2.75, 3.05) is 0 Å². The maximum Gasteiger partial charge on any atom is 0.227 e. The summed E-state index contributed by atoms with van der Waals surface area (Å²) in [6, 6.07) is 0. The first-order valence-electron chi connectivity index (χ1n) is 6.76. The molecule has 0 bridgehead atoms. The van der Waals surface area contributed by atoms with E-state index in [0.717, 1.165) is 19.3 Å². The second-order valence-corrected chi connectivity index (χ2v) is 5.40. The van der Waals surface area contributed by atoms with Crippen LogP contribution in [0, 0.1) is 5.41 Å². The average molecular weight is 247 g/mol. The summed E-state index contributed by atoms with van der Waals surface area (Å²) < 4.78 is 0. The highest BCUT2D eigenvalue weighted by atomic mass is 35.5. The van der Waals surface area contributed by atoms with E-state index in [1.165, 1.54) is 38.5 Å². The van der Waals surface area contributed by atoms with Crippen LogP contribution in [0.1, 0.15) is 78.6 Å². The molecule has 0 fully saturated rings. The summed E-state index contributed by atoms with van der Waals surface area (Å²) in [4.78, 5) is 11.3. The zero-order valence-corrected chi connectivity index (χ0v) is 11.9. The zero-order valence-electron chi connectivity index (χ0n) is 11.2. The third-order valence-corrected chi connectivity index (χ3v) is 4.04. The molecule has 0 spiro atoms. The van der Waals surface area contributed by atoms with Crippen molar-refractivity contribution in [1.29, 1.82) is 0 Å². The second-order valence-electron chi connectivity index (χ2n) is 5.06. The molecule has 2 heteroatoms. The van der Waals surface area contributed by atoms with Crippen LogP contribution >= 0.6 is 11.6 Å². The van der Waals surface area contributed by atoms with Gasteiger partial charge < -0.3 is 0 Å². The van der Waals surface area contributed by atoms with Crippen molar-refractivity contribution >= 4 is 16.8 Å². The van der Waals surface area contributed by atoms with E-state index in [1.54, 1.807) is 0 Å². The fraction of sp³-hybridized carbons (Fsp3) is 0.929. The Morgan fingerprint density at radius 2 is 1.50 bits per heavy atom. The topological polar surface area (TPSA) is 17.1 Å². The summed E-state index contributed by atoms with van der Waals surface area (Å²) in [5, 5.41) is -0.166. The maximum absolute atomic E-state index is 11.3. The summed E-state index contributed by atoms with van der Waals surface area (Å²) >= 11 is 5.63. The van der Waals surface area contributed by atoms with E-state index < -0.39 is 0 Å². The molecule has 0 amide bonds. The van der Waals surface area contributed by atoms with E-state index in [2.05, 4.69) is 6.92 Å². The van der Waals surface area contributed by atoms with Crippen LogP contribution < -0.4 is 0 Å². The van der Waals surface area contributed by atoms with Crippen LogP contribution in [0.15, 0.2) is 0 Å². The van der Waals surface area contributed by atoms with Crippen molar-refractivity contribution < 1.29 is 4.79 Å². The normalized spacial score (nSPS) is 14.8. The third kappa shape index (κ3) is 6.52. The number of halogens is 1. The molecular weight excluding hydrogens is 220 g/mol. The number of hydrogen-bond acceptors (Lipinski definition) is 1. The summed E-state index contributed by atoms with van der Waals surface area (Å²) in [7, 11) is 0. The first kappa shape index (κ1) is 16.0. The lowest BCUT2D eigenvalue weighted by Gasteiger charge is -2.23. The van der Waals surface area contributed by atoms with E-state index in [4.69, 9.17) is 11.6 Å². The molecular formula is C14H27ClO. The van der Waals surface area contributed by atoms with E-state index in [0.29, 0.717) is 0 Å². The molecule has 0 saturated carbocycles. The summed E-state index contributed by atoms with van der Waals surface area (Å²) in [6.45, 7) is 6.26. The summed E-state index contributed by atoms with van der Waals surface area (Å²) in [6.07, 6.45) is 10.8. The van der Waals surface area contributed by atoms with Crippen LogP contribution in [-0.2, 0) is 4.79 Å². The van der Waals surface area contributed by atoms with Gasteiger partial charge in [-0.05, 0) is 24.4 Å². The van der Waals surface area contributed by atoms with Gasteiger partial charge in [-0.3, -0.25) is 4.79 Å². The molecule has 0 heterocycles. The van der Waals surface area contributed by atoms with Crippen LogP contribution in [0.3, 0.4) is 0 Å². The average Bonchev–Trinajstić information content (AvgIpc) is 2.27. The van der Waals surface area contributed by atoms with Crippen molar-refractivity contribution in [3.63, 3.8) is 0 Å². The molecule has 0 rings (SSSR count). The Labute approximate surface area is 106 Å². The van der Waals surface area contributed by atoms with Crippen molar-refractivity contribution in [3.05, 3.63) is 0 Å². The first-order valence-corrected chi connectivity index (χ1v) is 7.14. The first-order chi connectivity index (χ1) is 7.56. The largest absolute Gasteiger partial charge is 0.281 e. The van der Waals surface area contributed by atoms with Crippen molar-refractivity contribution in [1.82, 2.24) is 0 Å². The number of carbonyl (C=O) groups excluding carboxylic acids is 1. The number of unbranched alkanes of at least 4 members (excludes halogenated alkanes) is 6. The van der Waals surface area contributed by atoms with Gasteiger partial charge in [0.05, 0.1) is 0 Å². The molecule has 1 atom stereocenters. The molecule has 96 valence electrons. The van der Waals surface area contributed by atoms with Gasteiger partial charge in [0.15, 0.2) is 0 Å². The fourth-order valence-corrected chi connectivity index (χ4v) is 2.11. The summed E-state index contributed by atoms with van der Waals surface area (Å²) in [5.41, 5.74) is -0.287. The van der Waals surface area contributed by atoms with Crippen LogP contribution in [0.2, 0.25) is 0 Å². The molecule has 0 aliphatic rings. The lowest BCUT2D eigenvalue weighted by atomic mass is 9.83. The maximum atomic E-state index is 11.3. The standard InChI is InChI=1S/C14H27ClO/c1-4-6-7-8-9-10-11-12-14(3,5-2)13(15)16/h4-12H2,1-3H3. The van der Waals surface area contributed by atoms with E-state index >= 15 is 0 Å². The minimum Gasteiger partial charge on any atom is -0.281 e. The summed E-state index contributed by atoms with van der Waals surface area (Å²) in [5.74, 6) is 0. The molecule has 1 nitrogen and oxygen atoms in total. The fourth-order valence-electron chi connectivity index (χ4n) is 1.89. The number of rotatable bonds is 10. The van der Waals surface area contributed by atoms with Gasteiger partial charge in [-0.25, -0.2) is 0 Å². The molecule has 0 N–H and O–H groups in total. The van der Waals surface area contributed by atoms with Crippen molar-refractivity contribution in [3.8, 4) is 0 Å². The van der Waals surface area contributed by atoms with Crippen molar-refractivity contribution in [2.24, 2.45) is 5.41 Å². The molecule has 16 heavy (non-hydrogen) atoms. The lowest BCUT2D eigenvalue weighted by molar-refractivity contribution is -0.120. The Hall–Kier alpha value is -0.0400. The van der Waals surface area contributed by atoms with E-state index in [-0.39, 0.29) is 10.7 Å². The van der Waals surface area contributed by atoms with Gasteiger partial charge in [0.2, 0.25) is 5.24 Å².